The molecule has 0 heterocycles. The molecule has 27 heavy (non-hydrogen) atoms. The number of benzene rings is 1. The van der Waals surface area contributed by atoms with Gasteiger partial charge in [-0.1, -0.05) is 12.6 Å². The molecule has 0 aliphatic carbocycles. The predicted molar refractivity (Wildman–Crippen MR) is 99.0 cm³/mol. The van der Waals surface area contributed by atoms with Gasteiger partial charge in [-0.15, -0.1) is 0 Å². The monoisotopic (exact) mass is 404 g/mol. The Bertz CT molecular complexity index is 622. The first-order valence-corrected chi connectivity index (χ1v) is 8.00. The minimum atomic E-state index is -0.670. The number of hydrogen-bond donors (Lipinski definition) is 8. The largest absolute Gasteiger partial charge is 1.00 e. The molecule has 0 spiro atoms. The van der Waals surface area contributed by atoms with Crippen molar-refractivity contribution in [1.82, 2.24) is 5.32 Å². The summed E-state index contributed by atoms with van der Waals surface area (Å²) in [5.41, 5.74) is 0.574. The zero-order chi connectivity index (χ0) is 20.1. The molecule has 9 N–H and O–H groups in total. The normalized spacial score (nSPS) is 13.6. The number of aliphatic hydroxyl groups excluding tert-OH is 4. The van der Waals surface area contributed by atoms with Crippen LogP contribution in [-0.2, 0) is 0 Å². The van der Waals surface area contributed by atoms with Crippen molar-refractivity contribution in [1.29, 1.82) is 0 Å². The van der Waals surface area contributed by atoms with E-state index in [2.05, 4.69) is 11.9 Å². The highest BCUT2D eigenvalue weighted by atomic mass is 35.5. The summed E-state index contributed by atoms with van der Waals surface area (Å²) in [6.07, 6.45) is 2.46. The van der Waals surface area contributed by atoms with E-state index in [0.717, 1.165) is 6.08 Å². The molecule has 0 aliphatic heterocycles. The molecule has 0 radical (unpaired) electrons. The van der Waals surface area contributed by atoms with Gasteiger partial charge in [-0.05, 0) is 43.0 Å². The first-order valence-electron chi connectivity index (χ1n) is 8.00. The number of aromatic hydroxyl groups is 2. The number of aliphatic hydroxyl groups is 4. The summed E-state index contributed by atoms with van der Waals surface area (Å²) >= 11 is 0. The Morgan fingerprint density at radius 3 is 2.30 bits per heavy atom. The fourth-order valence-electron chi connectivity index (χ4n) is 1.77. The van der Waals surface area contributed by atoms with Crippen LogP contribution in [0.1, 0.15) is 11.7 Å². The fraction of sp³-hybridized carbons (Fsp3) is 0.333. The maximum Gasteiger partial charge on any atom is 0.157 e. The maximum atomic E-state index is 9.48. The molecule has 0 aliphatic rings. The lowest BCUT2D eigenvalue weighted by Gasteiger charge is -2.10. The second-order valence-corrected chi connectivity index (χ2v) is 5.37. The van der Waals surface area contributed by atoms with Gasteiger partial charge in [0, 0.05) is 6.54 Å². The topological polar surface area (TPSA) is 150 Å². The number of allylic oxidation sites excluding steroid dienone is 2. The van der Waals surface area contributed by atoms with Crippen molar-refractivity contribution in [3.8, 4) is 11.5 Å². The van der Waals surface area contributed by atoms with Crippen molar-refractivity contribution >= 4 is 0 Å². The number of quaternary nitrogens is 1. The van der Waals surface area contributed by atoms with Crippen molar-refractivity contribution in [2.75, 3.05) is 27.2 Å². The SMILES string of the molecule is C=C/C(O)=C(O)\C=C\C(O)C[NH2+]C.CNC[C@@H](O)c1ccc(O)c(O)c1.[Cl-]. The third-order valence-corrected chi connectivity index (χ3v) is 3.19. The van der Waals surface area contributed by atoms with E-state index in [-0.39, 0.29) is 35.4 Å². The van der Waals surface area contributed by atoms with Gasteiger partial charge in [0.05, 0.1) is 13.2 Å². The third kappa shape index (κ3) is 11.2. The molecule has 1 unspecified atom stereocenters. The van der Waals surface area contributed by atoms with Gasteiger partial charge in [-0.2, -0.15) is 0 Å². The number of phenols is 2. The zero-order valence-corrected chi connectivity index (χ0v) is 16.1. The third-order valence-electron chi connectivity index (χ3n) is 3.19. The molecule has 0 bridgehead atoms. The van der Waals surface area contributed by atoms with Gasteiger partial charge in [0.25, 0.3) is 0 Å². The Kier molecular flexibility index (Phi) is 14.9. The number of nitrogens with one attached hydrogen (secondary N) is 1. The quantitative estimate of drug-likeness (QED) is 0.130. The Morgan fingerprint density at radius 1 is 1.19 bits per heavy atom. The van der Waals surface area contributed by atoms with Crippen LogP contribution in [0.25, 0.3) is 0 Å². The number of phenolic OH excluding ortho intramolecular Hbond substituents is 2. The highest BCUT2D eigenvalue weighted by Gasteiger charge is 2.08. The number of halogens is 1. The summed E-state index contributed by atoms with van der Waals surface area (Å²) in [4.78, 5) is 0. The number of rotatable bonds is 8. The summed E-state index contributed by atoms with van der Waals surface area (Å²) in [5.74, 6) is -0.998. The van der Waals surface area contributed by atoms with Gasteiger partial charge < -0.3 is 53.7 Å². The van der Waals surface area contributed by atoms with E-state index < -0.39 is 12.2 Å². The Morgan fingerprint density at radius 2 is 1.81 bits per heavy atom. The highest BCUT2D eigenvalue weighted by Crippen LogP contribution is 2.27. The first kappa shape index (κ1) is 27.0. The summed E-state index contributed by atoms with van der Waals surface area (Å²) in [6.45, 7) is 4.19. The molecule has 154 valence electrons. The minimum absolute atomic E-state index is 0. The molecular formula is C18H29ClN2O6. The van der Waals surface area contributed by atoms with E-state index in [9.17, 15) is 10.2 Å². The van der Waals surface area contributed by atoms with E-state index in [0.29, 0.717) is 18.7 Å². The number of likely N-dealkylation sites (N-methyl/N-ethyl adjacent to an activating group) is 2. The van der Waals surface area contributed by atoms with E-state index >= 15 is 0 Å². The standard InChI is InChI=1S/C9H13NO3.C9H15NO3.ClH/c1-10-5-9(13)6-2-3-7(11)8(12)4-6;1-3-8(12)9(13)5-4-7(11)6-10-2;/h2-4,9-13H,5H2,1H3;3-5,7,10-13H,1,6H2,2H3;1H/b;5-4+,9-8-;/t9-;;/m1../s1. The van der Waals surface area contributed by atoms with Crippen LogP contribution in [0.2, 0.25) is 0 Å². The van der Waals surface area contributed by atoms with Crippen LogP contribution in [0.15, 0.2) is 54.5 Å². The second kappa shape index (κ2) is 14.9. The predicted octanol–water partition coefficient (Wildman–Crippen LogP) is -3.04. The van der Waals surface area contributed by atoms with Crippen molar-refractivity contribution in [2.45, 2.75) is 12.2 Å². The summed E-state index contributed by atoms with van der Waals surface area (Å²) in [6, 6.07) is 4.26. The van der Waals surface area contributed by atoms with Crippen LogP contribution >= 0.6 is 0 Å². The van der Waals surface area contributed by atoms with Gasteiger partial charge in [-0.25, -0.2) is 0 Å². The molecule has 0 fully saturated rings. The van der Waals surface area contributed by atoms with E-state index in [1.165, 1.54) is 24.3 Å². The van der Waals surface area contributed by atoms with Gasteiger partial charge in [0.1, 0.15) is 12.6 Å². The lowest BCUT2D eigenvalue weighted by Crippen LogP contribution is -3.00. The Labute approximate surface area is 165 Å². The lowest BCUT2D eigenvalue weighted by atomic mass is 10.1. The van der Waals surface area contributed by atoms with Gasteiger partial charge in [-0.3, -0.25) is 0 Å². The van der Waals surface area contributed by atoms with Crippen LogP contribution in [-0.4, -0.2) is 63.9 Å². The van der Waals surface area contributed by atoms with Gasteiger partial charge >= 0.3 is 0 Å². The summed E-state index contributed by atoms with van der Waals surface area (Å²) < 4.78 is 0. The fourth-order valence-corrected chi connectivity index (χ4v) is 1.77. The molecule has 1 rings (SSSR count). The van der Waals surface area contributed by atoms with Crippen molar-refractivity contribution in [2.24, 2.45) is 0 Å². The molecule has 1 aromatic rings. The Balaban J connectivity index is 0. The van der Waals surface area contributed by atoms with Crippen molar-refractivity contribution in [3.05, 3.63) is 60.1 Å². The highest BCUT2D eigenvalue weighted by molar-refractivity contribution is 5.41. The first-order chi connectivity index (χ1) is 12.3. The molecule has 0 saturated carbocycles. The summed E-state index contributed by atoms with van der Waals surface area (Å²) in [7, 11) is 3.55. The molecule has 0 amide bonds. The van der Waals surface area contributed by atoms with Gasteiger partial charge in [0.15, 0.2) is 23.0 Å². The van der Waals surface area contributed by atoms with E-state index in [4.69, 9.17) is 20.4 Å². The average molecular weight is 405 g/mol. The van der Waals surface area contributed by atoms with Gasteiger partial charge in [0.2, 0.25) is 0 Å². The Hall–Kier alpha value is -2.23. The van der Waals surface area contributed by atoms with Crippen LogP contribution < -0.4 is 23.0 Å². The maximum absolute atomic E-state index is 9.48. The minimum Gasteiger partial charge on any atom is -1.00 e. The molecule has 0 aromatic heterocycles. The average Bonchev–Trinajstić information content (AvgIpc) is 2.62. The molecule has 0 saturated heterocycles. The second-order valence-electron chi connectivity index (χ2n) is 5.37. The van der Waals surface area contributed by atoms with E-state index in [1.807, 2.05) is 12.4 Å². The van der Waals surface area contributed by atoms with Crippen LogP contribution in [0.4, 0.5) is 0 Å². The molecule has 8 nitrogen and oxygen atoms in total. The van der Waals surface area contributed by atoms with Crippen LogP contribution in [0, 0.1) is 0 Å². The molecule has 2 atom stereocenters. The molecular weight excluding hydrogens is 376 g/mol. The molecule has 9 heteroatoms. The van der Waals surface area contributed by atoms with Crippen LogP contribution in [0.5, 0.6) is 11.5 Å². The summed E-state index contributed by atoms with van der Waals surface area (Å²) in [5, 5.41) is 59.5. The molecule has 1 aromatic carbocycles. The van der Waals surface area contributed by atoms with Crippen molar-refractivity contribution < 1.29 is 48.4 Å². The smallest absolute Gasteiger partial charge is 0.157 e. The van der Waals surface area contributed by atoms with Crippen molar-refractivity contribution in [3.63, 3.8) is 0 Å². The van der Waals surface area contributed by atoms with E-state index in [1.54, 1.807) is 13.1 Å². The zero-order valence-electron chi connectivity index (χ0n) is 15.4. The number of hydrogen-bond acceptors (Lipinski definition) is 7. The number of nitrogens with two attached hydrogens (primary N) is 1. The van der Waals surface area contributed by atoms with Crippen LogP contribution in [0.3, 0.4) is 0 Å². The lowest BCUT2D eigenvalue weighted by molar-refractivity contribution is -0.632.